The van der Waals surface area contributed by atoms with Crippen LogP contribution in [-0.4, -0.2) is 62.1 Å². The molecule has 32 heavy (non-hydrogen) atoms. The highest BCUT2D eigenvalue weighted by atomic mass is 127. The molecule has 2 aliphatic heterocycles. The van der Waals surface area contributed by atoms with Crippen molar-refractivity contribution in [3.8, 4) is 0 Å². The van der Waals surface area contributed by atoms with Gasteiger partial charge in [0.15, 0.2) is 5.96 Å². The van der Waals surface area contributed by atoms with Gasteiger partial charge < -0.3 is 19.8 Å². The molecule has 1 saturated carbocycles. The predicted octanol–water partition coefficient (Wildman–Crippen LogP) is 1.82. The van der Waals surface area contributed by atoms with Crippen molar-refractivity contribution in [3.63, 3.8) is 0 Å². The number of aliphatic imine (C=N–C) groups is 1. The maximum atomic E-state index is 12.8. The number of rotatable bonds is 8. The molecule has 2 amide bonds. The first-order chi connectivity index (χ1) is 15.2. The monoisotopic (exact) mass is 554 g/mol. The van der Waals surface area contributed by atoms with Crippen molar-refractivity contribution in [2.24, 2.45) is 34.6 Å². The Morgan fingerprint density at radius 1 is 1.12 bits per heavy atom. The van der Waals surface area contributed by atoms with E-state index in [1.54, 1.807) is 6.26 Å². The van der Waals surface area contributed by atoms with Gasteiger partial charge in [0.2, 0.25) is 11.8 Å². The van der Waals surface area contributed by atoms with Crippen molar-refractivity contribution >= 4 is 41.8 Å². The van der Waals surface area contributed by atoms with E-state index >= 15 is 0 Å². The van der Waals surface area contributed by atoms with Crippen LogP contribution in [0.4, 0.5) is 0 Å². The Hall–Kier alpha value is -1.88. The number of imide groups is 1. The van der Waals surface area contributed by atoms with E-state index in [1.165, 1.54) is 4.90 Å². The van der Waals surface area contributed by atoms with Crippen LogP contribution in [0.3, 0.4) is 0 Å². The van der Waals surface area contributed by atoms with E-state index in [-0.39, 0.29) is 59.5 Å². The standard InChI is InChI=1S/C23H30N4O4.HI/c28-21-19-16-3-4-17(12-16)20(19)22(29)27(21)9-8-25-23(26-13-15-6-11-30-14-15)24-7-5-18-2-1-10-31-18;/h1-4,10,15-17,19-20H,5-9,11-14H2,(H2,24,25,26);1H. The van der Waals surface area contributed by atoms with Gasteiger partial charge in [-0.15, -0.1) is 24.0 Å². The Morgan fingerprint density at radius 3 is 2.53 bits per heavy atom. The third-order valence-corrected chi connectivity index (χ3v) is 6.97. The Labute approximate surface area is 205 Å². The zero-order valence-corrected chi connectivity index (χ0v) is 20.4. The van der Waals surface area contributed by atoms with Crippen LogP contribution in [0.5, 0.6) is 0 Å². The van der Waals surface area contributed by atoms with Gasteiger partial charge in [-0.25, -0.2) is 0 Å². The van der Waals surface area contributed by atoms with Crippen molar-refractivity contribution < 1.29 is 18.7 Å². The Bertz CT molecular complexity index is 835. The van der Waals surface area contributed by atoms with E-state index in [0.29, 0.717) is 38.1 Å². The summed E-state index contributed by atoms with van der Waals surface area (Å²) < 4.78 is 10.8. The number of nitrogens with zero attached hydrogens (tertiary/aromatic N) is 2. The smallest absolute Gasteiger partial charge is 0.233 e. The average Bonchev–Trinajstić information content (AvgIpc) is 3.59. The topological polar surface area (TPSA) is 96.2 Å². The SMILES string of the molecule is I.O=C1C2C3C=CC(C3)C2C(=O)N1CCNC(=NCC1CCOC1)NCCc1ccco1. The first-order valence-corrected chi connectivity index (χ1v) is 11.4. The molecule has 1 aromatic rings. The fraction of sp³-hybridized carbons (Fsp3) is 0.609. The second-order valence-electron chi connectivity index (χ2n) is 8.93. The number of hydrogen-bond donors (Lipinski definition) is 2. The number of nitrogens with one attached hydrogen (secondary N) is 2. The fourth-order valence-electron chi connectivity index (χ4n) is 5.35. The van der Waals surface area contributed by atoms with E-state index in [2.05, 4.69) is 22.8 Å². The number of halogens is 1. The molecule has 174 valence electrons. The third-order valence-electron chi connectivity index (χ3n) is 6.97. The first kappa shape index (κ1) is 23.3. The lowest BCUT2D eigenvalue weighted by Crippen LogP contribution is -2.44. The van der Waals surface area contributed by atoms with Gasteiger partial charge in [-0.05, 0) is 36.8 Å². The molecule has 5 unspecified atom stereocenters. The van der Waals surface area contributed by atoms with Gasteiger partial charge in [0, 0.05) is 45.1 Å². The van der Waals surface area contributed by atoms with Crippen molar-refractivity contribution in [1.82, 2.24) is 15.5 Å². The van der Waals surface area contributed by atoms with Crippen molar-refractivity contribution in [1.29, 1.82) is 0 Å². The van der Waals surface area contributed by atoms with Gasteiger partial charge in [0.25, 0.3) is 0 Å². The number of guanidine groups is 1. The van der Waals surface area contributed by atoms with E-state index in [0.717, 1.165) is 38.2 Å². The van der Waals surface area contributed by atoms with Crippen molar-refractivity contribution in [3.05, 3.63) is 36.3 Å². The second kappa shape index (κ2) is 10.4. The molecule has 5 atom stereocenters. The van der Waals surface area contributed by atoms with E-state index < -0.39 is 0 Å². The molecule has 3 fully saturated rings. The number of likely N-dealkylation sites (tertiary alicyclic amines) is 1. The summed E-state index contributed by atoms with van der Waals surface area (Å²) in [5.74, 6) is 2.28. The first-order valence-electron chi connectivity index (χ1n) is 11.4. The van der Waals surface area contributed by atoms with Crippen LogP contribution in [0.2, 0.25) is 0 Å². The maximum Gasteiger partial charge on any atom is 0.233 e. The van der Waals surface area contributed by atoms with Crippen LogP contribution in [-0.2, 0) is 20.7 Å². The second-order valence-corrected chi connectivity index (χ2v) is 8.93. The van der Waals surface area contributed by atoms with Crippen LogP contribution >= 0.6 is 24.0 Å². The van der Waals surface area contributed by atoms with Gasteiger partial charge in [-0.1, -0.05) is 12.2 Å². The molecule has 2 saturated heterocycles. The number of carbonyl (C=O) groups is 2. The molecule has 2 N–H and O–H groups in total. The zero-order valence-electron chi connectivity index (χ0n) is 18.1. The van der Waals surface area contributed by atoms with Gasteiger partial charge in [-0.3, -0.25) is 19.5 Å². The molecule has 2 bridgehead atoms. The fourth-order valence-corrected chi connectivity index (χ4v) is 5.35. The summed E-state index contributed by atoms with van der Waals surface area (Å²) in [5, 5.41) is 6.63. The zero-order chi connectivity index (χ0) is 21.2. The Balaban J connectivity index is 0.00000245. The average molecular weight is 554 g/mol. The molecule has 1 aromatic heterocycles. The summed E-state index contributed by atoms with van der Waals surface area (Å²) in [6.45, 7) is 3.77. The molecule has 5 rings (SSSR count). The molecule has 8 nitrogen and oxygen atoms in total. The maximum absolute atomic E-state index is 12.8. The molecular formula is C23H31IN4O4. The lowest BCUT2D eigenvalue weighted by atomic mass is 9.85. The van der Waals surface area contributed by atoms with Crippen LogP contribution in [0.15, 0.2) is 40.0 Å². The third kappa shape index (κ3) is 4.73. The largest absolute Gasteiger partial charge is 0.469 e. The number of ether oxygens (including phenoxy) is 1. The summed E-state index contributed by atoms with van der Waals surface area (Å²) in [7, 11) is 0. The molecule has 3 heterocycles. The Kier molecular flexibility index (Phi) is 7.55. The minimum Gasteiger partial charge on any atom is -0.469 e. The summed E-state index contributed by atoms with van der Waals surface area (Å²) in [6, 6.07) is 3.83. The molecular weight excluding hydrogens is 523 g/mol. The quantitative estimate of drug-likeness (QED) is 0.167. The summed E-state index contributed by atoms with van der Waals surface area (Å²) in [4.78, 5) is 31.8. The molecule has 4 aliphatic rings. The van der Waals surface area contributed by atoms with Crippen LogP contribution in [0.25, 0.3) is 0 Å². The predicted molar refractivity (Wildman–Crippen MR) is 129 cm³/mol. The van der Waals surface area contributed by atoms with Crippen molar-refractivity contribution in [2.45, 2.75) is 19.3 Å². The van der Waals surface area contributed by atoms with Gasteiger partial charge in [0.05, 0.1) is 24.7 Å². The van der Waals surface area contributed by atoms with Gasteiger partial charge in [0.1, 0.15) is 5.76 Å². The van der Waals surface area contributed by atoms with Crippen LogP contribution in [0, 0.1) is 29.6 Å². The minimum absolute atomic E-state index is 0. The molecule has 0 spiro atoms. The van der Waals surface area contributed by atoms with Crippen molar-refractivity contribution in [2.75, 3.05) is 39.4 Å². The number of carbonyl (C=O) groups excluding carboxylic acids is 2. The highest BCUT2D eigenvalue weighted by molar-refractivity contribution is 14.0. The van der Waals surface area contributed by atoms with Crippen LogP contribution in [0.1, 0.15) is 18.6 Å². The van der Waals surface area contributed by atoms with E-state index in [4.69, 9.17) is 14.1 Å². The number of furan rings is 1. The summed E-state index contributed by atoms with van der Waals surface area (Å²) >= 11 is 0. The molecule has 0 radical (unpaired) electrons. The minimum atomic E-state index is -0.135. The van der Waals surface area contributed by atoms with E-state index in [1.807, 2.05) is 12.1 Å². The Morgan fingerprint density at radius 2 is 1.88 bits per heavy atom. The summed E-state index contributed by atoms with van der Waals surface area (Å²) in [5.41, 5.74) is 0. The normalized spacial score (nSPS) is 30.7. The lowest BCUT2D eigenvalue weighted by molar-refractivity contribution is -0.140. The van der Waals surface area contributed by atoms with Crippen LogP contribution < -0.4 is 10.6 Å². The highest BCUT2D eigenvalue weighted by Gasteiger charge is 2.58. The number of fused-ring (bicyclic) bond motifs is 5. The number of amides is 2. The molecule has 9 heteroatoms. The molecule has 2 aliphatic carbocycles. The summed E-state index contributed by atoms with van der Waals surface area (Å²) in [6.07, 6.45) is 8.66. The lowest BCUT2D eigenvalue weighted by Gasteiger charge is -2.19. The number of hydrogen-bond acceptors (Lipinski definition) is 5. The highest BCUT2D eigenvalue weighted by Crippen LogP contribution is 2.52. The van der Waals surface area contributed by atoms with E-state index in [9.17, 15) is 9.59 Å². The molecule has 0 aromatic carbocycles. The van der Waals surface area contributed by atoms with Gasteiger partial charge in [-0.2, -0.15) is 0 Å². The number of allylic oxidation sites excluding steroid dienone is 2. The van der Waals surface area contributed by atoms with Gasteiger partial charge >= 0.3 is 0 Å².